The predicted octanol–water partition coefficient (Wildman–Crippen LogP) is 3.07. The second-order valence-corrected chi connectivity index (χ2v) is 5.87. The Labute approximate surface area is 152 Å². The highest BCUT2D eigenvalue weighted by Crippen LogP contribution is 2.19. The summed E-state index contributed by atoms with van der Waals surface area (Å²) in [5, 5.41) is 11.3. The molecule has 0 aliphatic heterocycles. The highest BCUT2D eigenvalue weighted by molar-refractivity contribution is 6.04. The van der Waals surface area contributed by atoms with Crippen LogP contribution in [-0.4, -0.2) is 20.9 Å². The van der Waals surface area contributed by atoms with Crippen LogP contribution in [0.2, 0.25) is 0 Å². The highest BCUT2D eigenvalue weighted by atomic mass is 19.1. The first-order valence-corrected chi connectivity index (χ1v) is 8.05. The Morgan fingerprint density at radius 2 is 1.89 bits per heavy atom. The summed E-state index contributed by atoms with van der Waals surface area (Å²) in [5.74, 6) is -0.792. The zero-order valence-electron chi connectivity index (χ0n) is 14.1. The van der Waals surface area contributed by atoms with Crippen molar-refractivity contribution in [3.8, 4) is 5.69 Å². The Bertz CT molecular complexity index is 1210. The first-order valence-electron chi connectivity index (χ1n) is 8.05. The van der Waals surface area contributed by atoms with E-state index in [0.29, 0.717) is 28.0 Å². The molecular weight excluding hydrogens is 351 g/mol. The molecule has 8 heteroatoms. The molecule has 0 aliphatic rings. The number of hydrogen-bond donors (Lipinski definition) is 1. The van der Waals surface area contributed by atoms with Crippen molar-refractivity contribution < 1.29 is 13.6 Å². The maximum absolute atomic E-state index is 13.1. The molecule has 4 rings (SSSR count). The standard InChI is InChI=1S/C19H13FN4O3/c1-11-18(22-23-24(11)15-6-3-13(20)4-7-15)19(26)21-14-5-8-16-12(10-14)2-9-17(25)27-16/h2-10H,1H3,(H,21,26). The summed E-state index contributed by atoms with van der Waals surface area (Å²) in [6.07, 6.45) is 0. The molecule has 1 amide bonds. The van der Waals surface area contributed by atoms with E-state index in [1.165, 1.54) is 22.9 Å². The van der Waals surface area contributed by atoms with E-state index in [9.17, 15) is 14.0 Å². The lowest BCUT2D eigenvalue weighted by Gasteiger charge is -2.06. The van der Waals surface area contributed by atoms with Gasteiger partial charge in [0, 0.05) is 17.1 Å². The first-order chi connectivity index (χ1) is 13.0. The van der Waals surface area contributed by atoms with Gasteiger partial charge in [-0.25, -0.2) is 13.9 Å². The third-order valence-corrected chi connectivity index (χ3v) is 4.06. The average molecular weight is 364 g/mol. The van der Waals surface area contributed by atoms with E-state index in [0.717, 1.165) is 0 Å². The molecule has 0 saturated carbocycles. The topological polar surface area (TPSA) is 90.0 Å². The summed E-state index contributed by atoms with van der Waals surface area (Å²) in [6, 6.07) is 13.6. The van der Waals surface area contributed by atoms with Crippen molar-refractivity contribution in [1.82, 2.24) is 15.0 Å². The Morgan fingerprint density at radius 1 is 1.11 bits per heavy atom. The van der Waals surface area contributed by atoms with Crippen LogP contribution >= 0.6 is 0 Å². The van der Waals surface area contributed by atoms with Crippen LogP contribution in [-0.2, 0) is 0 Å². The quantitative estimate of drug-likeness (QED) is 0.564. The molecule has 27 heavy (non-hydrogen) atoms. The van der Waals surface area contributed by atoms with Crippen LogP contribution in [0, 0.1) is 12.7 Å². The van der Waals surface area contributed by atoms with Gasteiger partial charge in [0.05, 0.1) is 11.4 Å². The fourth-order valence-corrected chi connectivity index (χ4v) is 2.71. The number of nitrogens with zero attached hydrogens (tertiary/aromatic N) is 3. The second kappa shape index (κ2) is 6.49. The van der Waals surface area contributed by atoms with Crippen molar-refractivity contribution in [2.75, 3.05) is 5.32 Å². The Morgan fingerprint density at radius 3 is 2.67 bits per heavy atom. The van der Waals surface area contributed by atoms with Crippen LogP contribution < -0.4 is 10.9 Å². The third kappa shape index (κ3) is 3.20. The van der Waals surface area contributed by atoms with Crippen LogP contribution in [0.25, 0.3) is 16.7 Å². The SMILES string of the molecule is Cc1c(C(=O)Nc2ccc3oc(=O)ccc3c2)nnn1-c1ccc(F)cc1. The Hall–Kier alpha value is -3.81. The number of carbonyl (C=O) groups is 1. The lowest BCUT2D eigenvalue weighted by Crippen LogP contribution is -2.14. The number of benzene rings is 2. The molecule has 7 nitrogen and oxygen atoms in total. The predicted molar refractivity (Wildman–Crippen MR) is 96.5 cm³/mol. The molecule has 0 fully saturated rings. The van der Waals surface area contributed by atoms with Crippen molar-refractivity contribution in [2.24, 2.45) is 0 Å². The van der Waals surface area contributed by atoms with Gasteiger partial charge in [-0.1, -0.05) is 5.21 Å². The number of anilines is 1. The molecule has 0 radical (unpaired) electrons. The summed E-state index contributed by atoms with van der Waals surface area (Å²) in [6.45, 7) is 1.70. The lowest BCUT2D eigenvalue weighted by atomic mass is 10.2. The molecule has 2 heterocycles. The minimum Gasteiger partial charge on any atom is -0.423 e. The molecule has 1 N–H and O–H groups in total. The average Bonchev–Trinajstić information content (AvgIpc) is 3.04. The van der Waals surface area contributed by atoms with Crippen LogP contribution in [0.1, 0.15) is 16.2 Å². The summed E-state index contributed by atoms with van der Waals surface area (Å²) >= 11 is 0. The molecule has 0 saturated heterocycles. The number of halogens is 1. The molecule has 134 valence electrons. The van der Waals surface area contributed by atoms with Gasteiger partial charge in [0.2, 0.25) is 0 Å². The van der Waals surface area contributed by atoms with E-state index in [1.807, 2.05) is 0 Å². The third-order valence-electron chi connectivity index (χ3n) is 4.06. The number of nitrogens with one attached hydrogen (secondary N) is 1. The molecule has 0 spiro atoms. The van der Waals surface area contributed by atoms with E-state index < -0.39 is 11.5 Å². The molecular formula is C19H13FN4O3. The van der Waals surface area contributed by atoms with Gasteiger partial charge in [-0.15, -0.1) is 5.10 Å². The van der Waals surface area contributed by atoms with E-state index >= 15 is 0 Å². The van der Waals surface area contributed by atoms with Gasteiger partial charge in [0.25, 0.3) is 5.91 Å². The summed E-state index contributed by atoms with van der Waals surface area (Å²) in [4.78, 5) is 23.8. The number of hydrogen-bond acceptors (Lipinski definition) is 5. The molecule has 0 bridgehead atoms. The van der Waals surface area contributed by atoms with Gasteiger partial charge in [0.15, 0.2) is 5.69 Å². The molecule has 2 aromatic heterocycles. The van der Waals surface area contributed by atoms with Gasteiger partial charge in [-0.2, -0.15) is 0 Å². The second-order valence-electron chi connectivity index (χ2n) is 5.87. The molecule has 2 aromatic carbocycles. The number of carbonyl (C=O) groups excluding carboxylic acids is 1. The summed E-state index contributed by atoms with van der Waals surface area (Å²) in [5.41, 5.74) is 1.79. The number of amides is 1. The Kier molecular flexibility index (Phi) is 4.00. The van der Waals surface area contributed by atoms with Crippen molar-refractivity contribution in [2.45, 2.75) is 6.92 Å². The maximum Gasteiger partial charge on any atom is 0.336 e. The first kappa shape index (κ1) is 16.6. The van der Waals surface area contributed by atoms with Crippen molar-refractivity contribution in [3.05, 3.63) is 82.2 Å². The van der Waals surface area contributed by atoms with Crippen LogP contribution in [0.4, 0.5) is 10.1 Å². The van der Waals surface area contributed by atoms with Gasteiger partial charge >= 0.3 is 5.63 Å². The number of rotatable bonds is 3. The zero-order chi connectivity index (χ0) is 19.0. The zero-order valence-corrected chi connectivity index (χ0v) is 14.1. The minimum absolute atomic E-state index is 0.152. The smallest absolute Gasteiger partial charge is 0.336 e. The van der Waals surface area contributed by atoms with Crippen molar-refractivity contribution in [3.63, 3.8) is 0 Å². The normalized spacial score (nSPS) is 10.9. The van der Waals surface area contributed by atoms with Gasteiger partial charge in [-0.05, 0) is 55.5 Å². The molecule has 0 atom stereocenters. The number of fused-ring (bicyclic) bond motifs is 1. The van der Waals surface area contributed by atoms with Crippen LogP contribution in [0.3, 0.4) is 0 Å². The Balaban J connectivity index is 1.61. The lowest BCUT2D eigenvalue weighted by molar-refractivity contribution is 0.102. The van der Waals surface area contributed by atoms with E-state index in [2.05, 4.69) is 15.6 Å². The molecule has 0 aliphatic carbocycles. The van der Waals surface area contributed by atoms with Crippen molar-refractivity contribution in [1.29, 1.82) is 0 Å². The molecule has 0 unspecified atom stereocenters. The summed E-state index contributed by atoms with van der Waals surface area (Å²) in [7, 11) is 0. The highest BCUT2D eigenvalue weighted by Gasteiger charge is 2.17. The van der Waals surface area contributed by atoms with Crippen LogP contribution in [0.5, 0.6) is 0 Å². The van der Waals surface area contributed by atoms with Gasteiger partial charge < -0.3 is 9.73 Å². The van der Waals surface area contributed by atoms with E-state index in [1.54, 1.807) is 43.3 Å². The largest absolute Gasteiger partial charge is 0.423 e. The van der Waals surface area contributed by atoms with Gasteiger partial charge in [0.1, 0.15) is 11.4 Å². The van der Waals surface area contributed by atoms with E-state index in [4.69, 9.17) is 4.42 Å². The van der Waals surface area contributed by atoms with E-state index in [-0.39, 0.29) is 11.5 Å². The van der Waals surface area contributed by atoms with Crippen LogP contribution in [0.15, 0.2) is 63.8 Å². The fourth-order valence-electron chi connectivity index (χ4n) is 2.71. The fraction of sp³-hybridized carbons (Fsp3) is 0.0526. The number of aromatic nitrogens is 3. The summed E-state index contributed by atoms with van der Waals surface area (Å²) < 4.78 is 19.6. The molecule has 4 aromatic rings. The van der Waals surface area contributed by atoms with Gasteiger partial charge in [-0.3, -0.25) is 4.79 Å². The monoisotopic (exact) mass is 364 g/mol. The minimum atomic E-state index is -0.438. The van der Waals surface area contributed by atoms with Crippen molar-refractivity contribution >= 4 is 22.6 Å². The maximum atomic E-state index is 13.1.